The molecular weight excluding hydrogens is 573 g/mol. The van der Waals surface area contributed by atoms with Crippen molar-refractivity contribution >= 4 is 45.0 Å². The van der Waals surface area contributed by atoms with Gasteiger partial charge in [0.2, 0.25) is 0 Å². The van der Waals surface area contributed by atoms with E-state index in [0.717, 1.165) is 30.5 Å². The highest BCUT2D eigenvalue weighted by molar-refractivity contribution is 7.91. The molecule has 2 aromatic carbocycles. The number of likely N-dealkylation sites (tertiary alicyclic amines) is 1. The molecule has 1 N–H and O–H groups in total. The van der Waals surface area contributed by atoms with Crippen molar-refractivity contribution in [2.45, 2.75) is 77.1 Å². The molecule has 0 saturated carbocycles. The van der Waals surface area contributed by atoms with Gasteiger partial charge in [-0.15, -0.1) is 0 Å². The summed E-state index contributed by atoms with van der Waals surface area (Å²) in [6, 6.07) is 7.99. The molecule has 1 aliphatic rings. The van der Waals surface area contributed by atoms with Gasteiger partial charge in [0.1, 0.15) is 5.60 Å². The minimum absolute atomic E-state index is 0.00665. The number of ether oxygens (including phenoxy) is 1. The number of likely N-dealkylation sites (N-methyl/N-ethyl adjacent to an activating group) is 1. The lowest BCUT2D eigenvalue weighted by molar-refractivity contribution is 0.0129. The van der Waals surface area contributed by atoms with Gasteiger partial charge in [-0.1, -0.05) is 30.1 Å². The first-order valence-corrected chi connectivity index (χ1v) is 15.8. The number of hydrogen-bond acceptors (Lipinski definition) is 6. The van der Waals surface area contributed by atoms with Crippen LogP contribution < -0.4 is 5.32 Å². The normalized spacial score (nSPS) is 16.4. The van der Waals surface area contributed by atoms with E-state index in [1.807, 2.05) is 27.7 Å². The number of aryl methyl sites for hydroxylation is 1. The Kier molecular flexibility index (Phi) is 10.5. The Balaban J connectivity index is 1.69. The van der Waals surface area contributed by atoms with Crippen LogP contribution in [0.4, 0.5) is 4.79 Å². The van der Waals surface area contributed by atoms with Gasteiger partial charge in [0.25, 0.3) is 5.91 Å². The number of piperidine rings is 1. The molecular formula is C29H39Cl2N3O5S. The Morgan fingerprint density at radius 2 is 1.88 bits per heavy atom. The molecule has 1 saturated heterocycles. The van der Waals surface area contributed by atoms with E-state index in [0.29, 0.717) is 34.3 Å². The quantitative estimate of drug-likeness (QED) is 0.402. The molecule has 0 aromatic heterocycles. The number of amides is 2. The van der Waals surface area contributed by atoms with Crippen molar-refractivity contribution in [3.8, 4) is 0 Å². The first kappa shape index (κ1) is 32.2. The number of sulfone groups is 1. The molecule has 2 aromatic rings. The molecule has 40 heavy (non-hydrogen) atoms. The van der Waals surface area contributed by atoms with Crippen LogP contribution in [0, 0.1) is 6.92 Å². The van der Waals surface area contributed by atoms with Gasteiger partial charge in [-0.3, -0.25) is 9.69 Å². The number of carbonyl (C=O) groups is 2. The summed E-state index contributed by atoms with van der Waals surface area (Å²) in [6.07, 6.45) is 1.50. The molecule has 1 fully saturated rings. The number of hydrogen-bond donors (Lipinski definition) is 1. The summed E-state index contributed by atoms with van der Waals surface area (Å²) in [7, 11) is -1.70. The van der Waals surface area contributed by atoms with Crippen LogP contribution in [0.2, 0.25) is 10.0 Å². The van der Waals surface area contributed by atoms with Crippen molar-refractivity contribution in [3.63, 3.8) is 0 Å². The Bertz CT molecular complexity index is 1330. The SMILES string of the molecule is CCS(=O)(=O)c1ccc(Cl)cc1CNC(=O)c1cc(C)c(CN2CCC[C@H](N(C)C(=O)OC(C)(C)C)C2)c(Cl)c1. The third kappa shape index (κ3) is 8.35. The molecule has 220 valence electrons. The van der Waals surface area contributed by atoms with E-state index in [-0.39, 0.29) is 35.2 Å². The zero-order valence-corrected chi connectivity index (χ0v) is 26.3. The van der Waals surface area contributed by atoms with E-state index in [9.17, 15) is 18.0 Å². The average molecular weight is 613 g/mol. The predicted molar refractivity (Wildman–Crippen MR) is 159 cm³/mol. The van der Waals surface area contributed by atoms with Gasteiger partial charge >= 0.3 is 6.09 Å². The van der Waals surface area contributed by atoms with Crippen molar-refractivity contribution < 1.29 is 22.7 Å². The molecule has 0 aliphatic carbocycles. The van der Waals surface area contributed by atoms with Crippen LogP contribution in [-0.4, -0.2) is 67.8 Å². The molecule has 0 radical (unpaired) electrons. The zero-order valence-electron chi connectivity index (χ0n) is 24.0. The molecule has 0 spiro atoms. The molecule has 11 heteroatoms. The molecule has 2 amide bonds. The maximum Gasteiger partial charge on any atom is 0.410 e. The zero-order chi connectivity index (χ0) is 29.8. The minimum Gasteiger partial charge on any atom is -0.444 e. The van der Waals surface area contributed by atoms with E-state index in [1.54, 1.807) is 37.1 Å². The van der Waals surface area contributed by atoms with Crippen molar-refractivity contribution in [2.24, 2.45) is 0 Å². The standard InChI is InChI=1S/C29H39Cl2N3O5S/c1-7-40(37,38)26-11-10-22(30)14-21(26)16-32-27(35)20-13-19(2)24(25(31)15-20)18-34-12-8-9-23(17-34)33(6)28(36)39-29(3,4)5/h10-11,13-15,23H,7-9,12,16-18H2,1-6H3,(H,32,35)/t23-/m0/s1. The molecule has 1 atom stereocenters. The van der Waals surface area contributed by atoms with Crippen molar-refractivity contribution in [1.82, 2.24) is 15.1 Å². The van der Waals surface area contributed by atoms with E-state index >= 15 is 0 Å². The molecule has 1 heterocycles. The molecule has 3 rings (SSSR count). The van der Waals surface area contributed by atoms with Gasteiger partial charge in [0.05, 0.1) is 10.6 Å². The Morgan fingerprint density at radius 3 is 2.50 bits per heavy atom. The summed E-state index contributed by atoms with van der Waals surface area (Å²) in [5.74, 6) is -0.422. The fourth-order valence-corrected chi connectivity index (χ4v) is 6.36. The number of carbonyl (C=O) groups excluding carboxylic acids is 2. The second kappa shape index (κ2) is 13.1. The lowest BCUT2D eigenvalue weighted by atomic mass is 10.0. The van der Waals surface area contributed by atoms with Gasteiger partial charge < -0.3 is 15.0 Å². The molecule has 0 unspecified atom stereocenters. The van der Waals surface area contributed by atoms with Crippen LogP contribution in [0.3, 0.4) is 0 Å². The smallest absolute Gasteiger partial charge is 0.410 e. The van der Waals surface area contributed by atoms with E-state index in [2.05, 4.69) is 10.2 Å². The van der Waals surface area contributed by atoms with Crippen LogP contribution in [0.25, 0.3) is 0 Å². The molecule has 0 bridgehead atoms. The number of rotatable bonds is 8. The first-order valence-electron chi connectivity index (χ1n) is 13.4. The van der Waals surface area contributed by atoms with Crippen LogP contribution in [0.5, 0.6) is 0 Å². The third-order valence-corrected chi connectivity index (χ3v) is 9.35. The van der Waals surface area contributed by atoms with Crippen molar-refractivity contribution in [3.05, 3.63) is 62.6 Å². The van der Waals surface area contributed by atoms with Crippen LogP contribution in [-0.2, 0) is 27.7 Å². The Hall–Kier alpha value is -2.33. The number of nitrogens with one attached hydrogen (secondary N) is 1. The maximum absolute atomic E-state index is 13.0. The largest absolute Gasteiger partial charge is 0.444 e. The number of benzene rings is 2. The first-order chi connectivity index (χ1) is 18.6. The van der Waals surface area contributed by atoms with Crippen molar-refractivity contribution in [2.75, 3.05) is 25.9 Å². The third-order valence-electron chi connectivity index (χ3n) is 6.95. The fraction of sp³-hybridized carbons (Fsp3) is 0.517. The number of nitrogens with zero attached hydrogens (tertiary/aromatic N) is 2. The second-order valence-corrected chi connectivity index (χ2v) is 14.3. The Labute approximate surface area is 247 Å². The number of halogens is 2. The molecule has 8 nitrogen and oxygen atoms in total. The lowest BCUT2D eigenvalue weighted by Crippen LogP contribution is -2.49. The molecule has 1 aliphatic heterocycles. The van der Waals surface area contributed by atoms with Gasteiger partial charge in [-0.2, -0.15) is 0 Å². The van der Waals surface area contributed by atoms with Crippen LogP contribution in [0.1, 0.15) is 67.6 Å². The van der Waals surface area contributed by atoms with Gasteiger partial charge in [0, 0.05) is 48.3 Å². The summed E-state index contributed by atoms with van der Waals surface area (Å²) in [6.45, 7) is 11.2. The summed E-state index contributed by atoms with van der Waals surface area (Å²) < 4.78 is 30.5. The van der Waals surface area contributed by atoms with E-state index < -0.39 is 15.4 Å². The highest BCUT2D eigenvalue weighted by Crippen LogP contribution is 2.27. The fourth-order valence-electron chi connectivity index (χ4n) is 4.73. The van der Waals surface area contributed by atoms with E-state index in [4.69, 9.17) is 27.9 Å². The highest BCUT2D eigenvalue weighted by Gasteiger charge is 2.29. The van der Waals surface area contributed by atoms with E-state index in [1.165, 1.54) is 12.1 Å². The Morgan fingerprint density at radius 1 is 1.18 bits per heavy atom. The maximum atomic E-state index is 13.0. The monoisotopic (exact) mass is 611 g/mol. The van der Waals surface area contributed by atoms with Crippen LogP contribution >= 0.6 is 23.2 Å². The highest BCUT2D eigenvalue weighted by atomic mass is 35.5. The summed E-state index contributed by atoms with van der Waals surface area (Å²) >= 11 is 12.8. The topological polar surface area (TPSA) is 96.0 Å². The predicted octanol–water partition coefficient (Wildman–Crippen LogP) is 5.86. The van der Waals surface area contributed by atoms with Crippen molar-refractivity contribution in [1.29, 1.82) is 0 Å². The summed E-state index contributed by atoms with van der Waals surface area (Å²) in [4.78, 5) is 29.7. The minimum atomic E-state index is -3.48. The summed E-state index contributed by atoms with van der Waals surface area (Å²) in [5.41, 5.74) is 2.05. The second-order valence-electron chi connectivity index (χ2n) is 11.2. The van der Waals surface area contributed by atoms with Gasteiger partial charge in [-0.05, 0) is 94.1 Å². The van der Waals surface area contributed by atoms with Crippen LogP contribution in [0.15, 0.2) is 35.2 Å². The average Bonchev–Trinajstić information content (AvgIpc) is 2.87. The lowest BCUT2D eigenvalue weighted by Gasteiger charge is -2.38. The summed E-state index contributed by atoms with van der Waals surface area (Å²) in [5, 5.41) is 3.66. The van der Waals surface area contributed by atoms with Gasteiger partial charge in [-0.25, -0.2) is 13.2 Å². The van der Waals surface area contributed by atoms with Gasteiger partial charge in [0.15, 0.2) is 9.84 Å².